The zero-order chi connectivity index (χ0) is 16.9. The minimum atomic E-state index is -0.161. The van der Waals surface area contributed by atoms with Gasteiger partial charge in [0, 0.05) is 26.1 Å². The van der Waals surface area contributed by atoms with Crippen molar-refractivity contribution in [2.75, 3.05) is 26.3 Å². The van der Waals surface area contributed by atoms with Crippen LogP contribution in [-0.2, 0) is 22.4 Å². The third kappa shape index (κ3) is 3.97. The Hall–Kier alpha value is -1.84. The van der Waals surface area contributed by atoms with E-state index >= 15 is 0 Å². The summed E-state index contributed by atoms with van der Waals surface area (Å²) >= 11 is 0. The summed E-state index contributed by atoms with van der Waals surface area (Å²) in [5.74, 6) is 2.74. The Morgan fingerprint density at radius 3 is 3.00 bits per heavy atom. The highest BCUT2D eigenvalue weighted by molar-refractivity contribution is 4.97. The summed E-state index contributed by atoms with van der Waals surface area (Å²) in [7, 11) is 0. The third-order valence-electron chi connectivity index (χ3n) is 3.95. The summed E-state index contributed by atoms with van der Waals surface area (Å²) in [6, 6.07) is 0. The fraction of sp³-hybridized carbons (Fsp3) is 0.733. The summed E-state index contributed by atoms with van der Waals surface area (Å²) in [5, 5.41) is 11.2. The summed E-state index contributed by atoms with van der Waals surface area (Å²) in [4.78, 5) is 11.1. The molecule has 1 saturated heterocycles. The molecule has 2 atom stereocenters. The maximum Gasteiger partial charge on any atom is 0.240 e. The monoisotopic (exact) mass is 336 g/mol. The van der Waals surface area contributed by atoms with Gasteiger partial charge in [-0.15, -0.1) is 0 Å². The highest BCUT2D eigenvalue weighted by atomic mass is 16.5. The molecular weight excluding hydrogens is 312 g/mol. The van der Waals surface area contributed by atoms with Gasteiger partial charge in [-0.1, -0.05) is 12.1 Å². The first-order chi connectivity index (χ1) is 11.7. The van der Waals surface area contributed by atoms with Gasteiger partial charge in [0.25, 0.3) is 0 Å². The molecule has 0 unspecified atom stereocenters. The molecule has 0 bridgehead atoms. The van der Waals surface area contributed by atoms with Gasteiger partial charge in [-0.3, -0.25) is 10.00 Å². The van der Waals surface area contributed by atoms with Gasteiger partial charge in [0.05, 0.1) is 13.2 Å². The van der Waals surface area contributed by atoms with Crippen molar-refractivity contribution >= 4 is 0 Å². The number of hydrogen-bond acceptors (Lipinski definition) is 8. The number of nitrogens with one attached hydrogen (secondary N) is 1. The van der Waals surface area contributed by atoms with E-state index in [9.17, 15) is 0 Å². The summed E-state index contributed by atoms with van der Waals surface area (Å²) in [6.45, 7) is 9.21. The fourth-order valence-corrected chi connectivity index (χ4v) is 2.63. The Kier molecular flexibility index (Phi) is 5.54. The van der Waals surface area contributed by atoms with Crippen LogP contribution in [0.5, 0.6) is 0 Å². The van der Waals surface area contributed by atoms with Crippen LogP contribution in [0.15, 0.2) is 4.52 Å². The highest BCUT2D eigenvalue weighted by Gasteiger charge is 2.26. The second-order valence-electron chi connectivity index (χ2n) is 5.73. The quantitative estimate of drug-likeness (QED) is 0.810. The zero-order valence-corrected chi connectivity index (χ0v) is 14.4. The van der Waals surface area contributed by atoms with Crippen molar-refractivity contribution in [2.24, 2.45) is 0 Å². The van der Waals surface area contributed by atoms with Gasteiger partial charge in [0.1, 0.15) is 18.0 Å². The molecule has 9 heteroatoms. The van der Waals surface area contributed by atoms with E-state index in [2.05, 4.69) is 30.2 Å². The van der Waals surface area contributed by atoms with Crippen molar-refractivity contribution in [1.29, 1.82) is 0 Å². The molecule has 1 aliphatic rings. The van der Waals surface area contributed by atoms with Crippen LogP contribution >= 0.6 is 0 Å². The van der Waals surface area contributed by atoms with Crippen LogP contribution in [0.1, 0.15) is 56.3 Å². The number of aromatic nitrogens is 5. The predicted octanol–water partition coefficient (Wildman–Crippen LogP) is 1.42. The zero-order valence-electron chi connectivity index (χ0n) is 14.4. The van der Waals surface area contributed by atoms with Crippen LogP contribution in [0.3, 0.4) is 0 Å². The predicted molar refractivity (Wildman–Crippen MR) is 84.1 cm³/mol. The molecule has 0 aliphatic carbocycles. The number of morpholine rings is 1. The van der Waals surface area contributed by atoms with Crippen LogP contribution in [-0.4, -0.2) is 56.5 Å². The normalized spacial score (nSPS) is 20.4. The average Bonchev–Trinajstić information content (AvgIpc) is 3.24. The summed E-state index contributed by atoms with van der Waals surface area (Å²) in [6.07, 6.45) is 0.525. The number of hydrogen-bond donors (Lipinski definition) is 1. The second-order valence-corrected chi connectivity index (χ2v) is 5.73. The molecule has 132 valence electrons. The largest absolute Gasteiger partial charge is 0.371 e. The molecule has 1 fully saturated rings. The molecule has 3 heterocycles. The van der Waals surface area contributed by atoms with E-state index in [1.165, 1.54) is 0 Å². The second kappa shape index (κ2) is 7.82. The standard InChI is InChI=1S/C15H24N6O3/c1-4-12-16-15(19-18-12)11-8-21(6-7-23-11)9-13-17-14(20-24-13)10(3)22-5-2/h10-11H,4-9H2,1-3H3,(H,16,18,19)/t10-,11-/m0/s1. The van der Waals surface area contributed by atoms with Crippen LogP contribution in [0.25, 0.3) is 0 Å². The van der Waals surface area contributed by atoms with E-state index in [4.69, 9.17) is 14.0 Å². The smallest absolute Gasteiger partial charge is 0.240 e. The SMILES string of the molecule is CCO[C@@H](C)c1noc(CN2CCO[C@H](c3n[nH]c(CC)n3)C2)n1. The lowest BCUT2D eigenvalue weighted by Crippen LogP contribution is -2.38. The number of aromatic amines is 1. The van der Waals surface area contributed by atoms with Gasteiger partial charge in [-0.2, -0.15) is 10.1 Å². The van der Waals surface area contributed by atoms with Crippen molar-refractivity contribution in [2.45, 2.75) is 45.9 Å². The summed E-state index contributed by atoms with van der Waals surface area (Å²) < 4.78 is 16.6. The molecule has 0 spiro atoms. The molecule has 0 amide bonds. The molecule has 1 N–H and O–H groups in total. The van der Waals surface area contributed by atoms with E-state index in [0.29, 0.717) is 43.8 Å². The fourth-order valence-electron chi connectivity index (χ4n) is 2.63. The van der Waals surface area contributed by atoms with Gasteiger partial charge in [0.2, 0.25) is 5.89 Å². The lowest BCUT2D eigenvalue weighted by atomic mass is 10.2. The molecule has 2 aromatic heterocycles. The lowest BCUT2D eigenvalue weighted by Gasteiger charge is -2.30. The van der Waals surface area contributed by atoms with Crippen LogP contribution < -0.4 is 0 Å². The van der Waals surface area contributed by atoms with E-state index in [1.54, 1.807) is 0 Å². The van der Waals surface area contributed by atoms with Crippen molar-refractivity contribution in [3.05, 3.63) is 23.4 Å². The molecule has 0 aromatic carbocycles. The Morgan fingerprint density at radius 1 is 1.38 bits per heavy atom. The Labute approximate surface area is 140 Å². The topological polar surface area (TPSA) is 102 Å². The molecule has 3 rings (SSSR count). The minimum Gasteiger partial charge on any atom is -0.371 e. The first kappa shape index (κ1) is 17.0. The molecule has 2 aromatic rings. The van der Waals surface area contributed by atoms with E-state index < -0.39 is 0 Å². The van der Waals surface area contributed by atoms with Crippen molar-refractivity contribution in [1.82, 2.24) is 30.2 Å². The molecule has 24 heavy (non-hydrogen) atoms. The van der Waals surface area contributed by atoms with Crippen LogP contribution in [0.4, 0.5) is 0 Å². The van der Waals surface area contributed by atoms with Gasteiger partial charge >= 0.3 is 0 Å². The maximum absolute atomic E-state index is 5.79. The van der Waals surface area contributed by atoms with Crippen molar-refractivity contribution < 1.29 is 14.0 Å². The highest BCUT2D eigenvalue weighted by Crippen LogP contribution is 2.21. The molecule has 0 saturated carbocycles. The average molecular weight is 336 g/mol. The third-order valence-corrected chi connectivity index (χ3v) is 3.95. The lowest BCUT2D eigenvalue weighted by molar-refractivity contribution is -0.0396. The number of ether oxygens (including phenoxy) is 2. The van der Waals surface area contributed by atoms with Crippen LogP contribution in [0, 0.1) is 0 Å². The number of rotatable bonds is 7. The van der Waals surface area contributed by atoms with Crippen molar-refractivity contribution in [3.8, 4) is 0 Å². The van der Waals surface area contributed by atoms with Gasteiger partial charge in [-0.05, 0) is 13.8 Å². The first-order valence-electron chi connectivity index (χ1n) is 8.38. The first-order valence-corrected chi connectivity index (χ1v) is 8.38. The minimum absolute atomic E-state index is 0.139. The molecular formula is C15H24N6O3. The summed E-state index contributed by atoms with van der Waals surface area (Å²) in [5.41, 5.74) is 0. The van der Waals surface area contributed by atoms with Crippen LogP contribution in [0.2, 0.25) is 0 Å². The molecule has 1 aliphatic heterocycles. The number of H-pyrrole nitrogens is 1. The maximum atomic E-state index is 5.79. The number of nitrogens with zero attached hydrogens (tertiary/aromatic N) is 5. The Bertz CT molecular complexity index is 643. The Balaban J connectivity index is 1.59. The molecule has 9 nitrogen and oxygen atoms in total. The van der Waals surface area contributed by atoms with E-state index in [0.717, 1.165) is 18.8 Å². The van der Waals surface area contributed by atoms with Gasteiger partial charge in [-0.25, -0.2) is 4.98 Å². The molecule has 0 radical (unpaired) electrons. The van der Waals surface area contributed by atoms with E-state index in [-0.39, 0.29) is 12.2 Å². The number of aryl methyl sites for hydroxylation is 1. The van der Waals surface area contributed by atoms with Crippen molar-refractivity contribution in [3.63, 3.8) is 0 Å². The van der Waals surface area contributed by atoms with E-state index in [1.807, 2.05) is 20.8 Å². The van der Waals surface area contributed by atoms with Gasteiger partial charge in [0.15, 0.2) is 11.6 Å². The van der Waals surface area contributed by atoms with Gasteiger partial charge < -0.3 is 14.0 Å². The Morgan fingerprint density at radius 2 is 2.25 bits per heavy atom.